The summed E-state index contributed by atoms with van der Waals surface area (Å²) < 4.78 is 46.5. The van der Waals surface area contributed by atoms with Gasteiger partial charge in [0, 0.05) is 36.7 Å². The first-order chi connectivity index (χ1) is 29.8. The third-order valence-corrected chi connectivity index (χ3v) is 17.5. The van der Waals surface area contributed by atoms with Gasteiger partial charge in [0.1, 0.15) is 5.75 Å². The van der Waals surface area contributed by atoms with Gasteiger partial charge in [-0.1, -0.05) is 92.0 Å². The molecule has 0 saturated heterocycles. The third kappa shape index (κ3) is 7.58. The molecule has 0 fully saturated rings. The van der Waals surface area contributed by atoms with Crippen LogP contribution in [0.2, 0.25) is 0 Å². The summed E-state index contributed by atoms with van der Waals surface area (Å²) in [5.41, 5.74) is 13.8. The van der Waals surface area contributed by atoms with E-state index < -0.39 is 17.3 Å². The lowest BCUT2D eigenvalue weighted by Gasteiger charge is -2.49. The van der Waals surface area contributed by atoms with E-state index in [0.717, 1.165) is 88.7 Å². The van der Waals surface area contributed by atoms with E-state index >= 15 is 0 Å². The van der Waals surface area contributed by atoms with E-state index in [9.17, 15) is 13.2 Å². The number of nitrogens with two attached hydrogens (primary N) is 1. The van der Waals surface area contributed by atoms with Crippen LogP contribution in [0.5, 0.6) is 5.75 Å². The quantitative estimate of drug-likeness (QED) is 0.174. The summed E-state index contributed by atoms with van der Waals surface area (Å²) >= 11 is 6.89. The van der Waals surface area contributed by atoms with Gasteiger partial charge in [0.25, 0.3) is 0 Å². The van der Waals surface area contributed by atoms with E-state index in [0.29, 0.717) is 10.7 Å². The van der Waals surface area contributed by atoms with Gasteiger partial charge in [0.2, 0.25) is 0 Å². The van der Waals surface area contributed by atoms with Crippen molar-refractivity contribution in [1.29, 1.82) is 0 Å². The highest BCUT2D eigenvalue weighted by atomic mass is 32.2. The molecule has 2 aliphatic heterocycles. The molecule has 12 heteroatoms. The number of thioether (sulfide) groups is 2. The second-order valence-corrected chi connectivity index (χ2v) is 22.0. The fraction of sp³-hybridized carbons (Fsp3) is 0.320. The molecule has 3 unspecified atom stereocenters. The van der Waals surface area contributed by atoms with Gasteiger partial charge in [-0.3, -0.25) is 9.98 Å². The minimum atomic E-state index is -4.39. The summed E-state index contributed by atoms with van der Waals surface area (Å²) in [5.74, 6) is 2.91. The first-order valence-electron chi connectivity index (χ1n) is 21.1. The summed E-state index contributed by atoms with van der Waals surface area (Å²) in [6.07, 6.45) is 1.06. The molecule has 62 heavy (non-hydrogen) atoms. The fourth-order valence-electron chi connectivity index (χ4n) is 10.0. The number of aliphatic imine (C=N–C) groups is 2. The standard InChI is InChI=1S/C50H47F3N4OS4/c1-47(2)18-17-41-40(28-43(61-41)34-10-5-11-36(24-34)50(51,52)53)49(47)20-22-60-46(57-49)55-37-12-6-8-32(25-37)35-26-44-39(48(29-35)19-21-59-45(54)56-48)27-42(62-44)33-9-4-7-31(23-33)30-13-15-38(58-3)16-14-30/h4-16,23-25,27-28,35H,17-22,26,29H2,1-3H3,(H2,54,56)(H,55,57). The van der Waals surface area contributed by atoms with Crippen molar-refractivity contribution in [2.75, 3.05) is 23.9 Å². The third-order valence-electron chi connectivity index (χ3n) is 13.4. The number of hydrogen-bond acceptors (Lipinski definition) is 9. The van der Waals surface area contributed by atoms with E-state index in [1.165, 1.54) is 49.0 Å². The molecule has 10 rings (SSSR count). The molecule has 2 aliphatic carbocycles. The highest BCUT2D eigenvalue weighted by molar-refractivity contribution is 8.14. The topological polar surface area (TPSA) is 72.0 Å². The minimum Gasteiger partial charge on any atom is -0.497 e. The average molecular weight is 905 g/mol. The minimum absolute atomic E-state index is 0.146. The van der Waals surface area contributed by atoms with Gasteiger partial charge in [-0.25, -0.2) is 0 Å². The number of aryl methyl sites for hydroxylation is 1. The van der Waals surface area contributed by atoms with Crippen molar-refractivity contribution in [3.63, 3.8) is 0 Å². The van der Waals surface area contributed by atoms with Crippen LogP contribution in [0.15, 0.2) is 119 Å². The van der Waals surface area contributed by atoms with Crippen molar-refractivity contribution in [1.82, 2.24) is 0 Å². The van der Waals surface area contributed by atoms with Crippen LogP contribution in [0.4, 0.5) is 18.9 Å². The Balaban J connectivity index is 0.951. The first-order valence-corrected chi connectivity index (χ1v) is 24.7. The summed E-state index contributed by atoms with van der Waals surface area (Å²) in [5, 5.41) is 5.29. The largest absolute Gasteiger partial charge is 0.497 e. The molecule has 0 saturated carbocycles. The van der Waals surface area contributed by atoms with Crippen LogP contribution in [0.1, 0.15) is 77.5 Å². The lowest BCUT2D eigenvalue weighted by molar-refractivity contribution is -0.137. The SMILES string of the molecule is COc1ccc(-c2cccc(-c3cc4c(s3)CC(c3cccc(NC5=NC6(CCS5)c5cc(-c7cccc(C(F)(F)F)c7)sc5CCC6(C)C)c3)CC43CCSC(N)=N3)c2)cc1. The molecule has 318 valence electrons. The second-order valence-electron chi connectivity index (χ2n) is 17.5. The molecule has 3 atom stereocenters. The summed E-state index contributed by atoms with van der Waals surface area (Å²) in [4.78, 5) is 15.6. The molecule has 0 radical (unpaired) electrons. The molecular formula is C50H47F3N4OS4. The van der Waals surface area contributed by atoms with Gasteiger partial charge in [-0.2, -0.15) is 13.2 Å². The molecule has 0 amide bonds. The van der Waals surface area contributed by atoms with Gasteiger partial charge >= 0.3 is 6.18 Å². The van der Waals surface area contributed by atoms with Crippen molar-refractivity contribution < 1.29 is 17.9 Å². The Morgan fingerprint density at radius 2 is 1.44 bits per heavy atom. The van der Waals surface area contributed by atoms with E-state index in [1.807, 2.05) is 23.5 Å². The van der Waals surface area contributed by atoms with Crippen molar-refractivity contribution in [2.45, 2.75) is 75.5 Å². The molecule has 2 spiro atoms. The molecule has 2 aromatic heterocycles. The zero-order valence-electron chi connectivity index (χ0n) is 34.8. The van der Waals surface area contributed by atoms with Crippen LogP contribution < -0.4 is 15.8 Å². The van der Waals surface area contributed by atoms with Crippen LogP contribution in [-0.2, 0) is 30.1 Å². The summed E-state index contributed by atoms with van der Waals surface area (Å²) in [7, 11) is 1.69. The second kappa shape index (κ2) is 15.9. The number of benzene rings is 4. The number of amidine groups is 2. The molecule has 3 N–H and O–H groups in total. The summed E-state index contributed by atoms with van der Waals surface area (Å²) in [6.45, 7) is 4.60. The van der Waals surface area contributed by atoms with Crippen LogP contribution in [-0.4, -0.2) is 29.0 Å². The number of rotatable bonds is 6. The maximum Gasteiger partial charge on any atom is 0.416 e. The highest BCUT2D eigenvalue weighted by Crippen LogP contribution is 2.58. The normalized spacial score (nSPS) is 23.0. The van der Waals surface area contributed by atoms with Crippen molar-refractivity contribution in [3.8, 4) is 37.8 Å². The van der Waals surface area contributed by atoms with Gasteiger partial charge in [0.15, 0.2) is 10.3 Å². The number of thiophene rings is 2. The van der Waals surface area contributed by atoms with Crippen LogP contribution in [0.25, 0.3) is 32.0 Å². The monoisotopic (exact) mass is 904 g/mol. The Hall–Kier alpha value is -4.49. The number of methoxy groups -OCH3 is 1. The van der Waals surface area contributed by atoms with Crippen LogP contribution in [0.3, 0.4) is 0 Å². The maximum absolute atomic E-state index is 13.7. The molecule has 4 aromatic carbocycles. The van der Waals surface area contributed by atoms with Gasteiger partial charge < -0.3 is 15.8 Å². The Bertz CT molecular complexity index is 2740. The number of fused-ring (bicyclic) bond motifs is 4. The highest BCUT2D eigenvalue weighted by Gasteiger charge is 2.52. The lowest BCUT2D eigenvalue weighted by atomic mass is 9.61. The fourth-order valence-corrected chi connectivity index (χ4v) is 14.5. The Kier molecular flexibility index (Phi) is 10.7. The average Bonchev–Trinajstić information content (AvgIpc) is 3.92. The van der Waals surface area contributed by atoms with Crippen molar-refractivity contribution >= 4 is 62.2 Å². The molecule has 6 aromatic rings. The maximum atomic E-state index is 13.7. The number of nitrogens with zero attached hydrogens (tertiary/aromatic N) is 2. The number of nitrogens with one attached hydrogen (secondary N) is 1. The predicted octanol–water partition coefficient (Wildman–Crippen LogP) is 14.0. The van der Waals surface area contributed by atoms with E-state index in [-0.39, 0.29) is 16.9 Å². The van der Waals surface area contributed by atoms with E-state index in [2.05, 4.69) is 92.0 Å². The van der Waals surface area contributed by atoms with E-state index in [1.54, 1.807) is 48.0 Å². The number of ether oxygens (including phenoxy) is 1. The molecule has 4 heterocycles. The van der Waals surface area contributed by atoms with Crippen molar-refractivity contribution in [3.05, 3.63) is 141 Å². The molecule has 5 nitrogen and oxygen atoms in total. The van der Waals surface area contributed by atoms with Crippen LogP contribution in [0, 0.1) is 5.41 Å². The predicted molar refractivity (Wildman–Crippen MR) is 256 cm³/mol. The van der Waals surface area contributed by atoms with Crippen molar-refractivity contribution in [2.24, 2.45) is 21.1 Å². The first kappa shape index (κ1) is 41.5. The smallest absolute Gasteiger partial charge is 0.416 e. The molecule has 4 aliphatic rings. The van der Waals surface area contributed by atoms with Gasteiger partial charge in [0.05, 0.1) is 23.8 Å². The van der Waals surface area contributed by atoms with Gasteiger partial charge in [-0.15, -0.1) is 22.7 Å². The Labute approximate surface area is 377 Å². The Morgan fingerprint density at radius 1 is 0.726 bits per heavy atom. The number of hydrogen-bond donors (Lipinski definition) is 2. The zero-order valence-corrected chi connectivity index (χ0v) is 38.0. The number of anilines is 1. The molecule has 0 bridgehead atoms. The zero-order chi connectivity index (χ0) is 42.9. The van der Waals surface area contributed by atoms with Gasteiger partial charge in [-0.05, 0) is 143 Å². The number of alkyl halides is 3. The van der Waals surface area contributed by atoms with Crippen LogP contribution >= 0.6 is 46.2 Å². The Morgan fingerprint density at radius 3 is 2.21 bits per heavy atom. The molecular weight excluding hydrogens is 858 g/mol. The number of halogens is 3. The summed E-state index contributed by atoms with van der Waals surface area (Å²) in [6, 6.07) is 36.0. The van der Waals surface area contributed by atoms with E-state index in [4.69, 9.17) is 20.5 Å². The lowest BCUT2D eigenvalue weighted by Crippen LogP contribution is -2.46.